The van der Waals surface area contributed by atoms with Gasteiger partial charge < -0.3 is 24.0 Å². The average molecular weight is 640 g/mol. The fraction of sp³-hybridized carbons (Fsp3) is 0.257. The van der Waals surface area contributed by atoms with Gasteiger partial charge in [0.25, 0.3) is 0 Å². The summed E-state index contributed by atoms with van der Waals surface area (Å²) < 4.78 is 58.3. The average Bonchev–Trinajstić information content (AvgIpc) is 3.36. The molecular formula is C35H28F3N5O4. The van der Waals surface area contributed by atoms with Crippen molar-refractivity contribution >= 4 is 17.0 Å². The molecule has 2 saturated heterocycles. The number of nitriles is 1. The zero-order valence-corrected chi connectivity index (χ0v) is 25.0. The van der Waals surface area contributed by atoms with E-state index in [0.717, 1.165) is 44.5 Å². The number of fused-ring (bicyclic) bond motifs is 1. The second-order valence-corrected chi connectivity index (χ2v) is 12.1. The van der Waals surface area contributed by atoms with E-state index in [2.05, 4.69) is 14.9 Å². The second-order valence-electron chi connectivity index (χ2n) is 12.1. The Kier molecular flexibility index (Phi) is 7.87. The number of carbonyl (C=O) groups is 1. The van der Waals surface area contributed by atoms with E-state index in [1.165, 1.54) is 30.3 Å². The normalized spacial score (nSPS) is 15.3. The third-order valence-electron chi connectivity index (χ3n) is 8.69. The Labute approximate surface area is 267 Å². The third-order valence-corrected chi connectivity index (χ3v) is 8.69. The van der Waals surface area contributed by atoms with Crippen molar-refractivity contribution in [3.05, 3.63) is 112 Å². The summed E-state index contributed by atoms with van der Waals surface area (Å²) in [7, 11) is 0. The molecular weight excluding hydrogens is 611 g/mol. The van der Waals surface area contributed by atoms with Crippen molar-refractivity contribution in [2.75, 3.05) is 32.8 Å². The summed E-state index contributed by atoms with van der Waals surface area (Å²) in [6.45, 7) is 4.37. The number of likely N-dealkylation sites (tertiary alicyclic amines) is 1. The molecule has 2 aliphatic heterocycles. The lowest BCUT2D eigenvalue weighted by Crippen LogP contribution is -2.66. The maximum atomic E-state index is 15.6. The number of nitrogens with zero attached hydrogens (tertiary/aromatic N) is 5. The first kappa shape index (κ1) is 30.4. The molecule has 3 aromatic carbocycles. The minimum atomic E-state index is -1.07. The molecule has 2 aliphatic rings. The van der Waals surface area contributed by atoms with Crippen LogP contribution in [0.5, 0.6) is 5.88 Å². The number of hydrogen-bond donors (Lipinski definition) is 1. The number of halogens is 3. The number of rotatable bonds is 10. The predicted molar refractivity (Wildman–Crippen MR) is 164 cm³/mol. The van der Waals surface area contributed by atoms with Crippen LogP contribution in [0, 0.1) is 34.2 Å². The summed E-state index contributed by atoms with van der Waals surface area (Å²) in [5.41, 5.74) is 2.06. The van der Waals surface area contributed by atoms with Gasteiger partial charge in [0, 0.05) is 55.2 Å². The maximum Gasteiger partial charge on any atom is 0.335 e. The Morgan fingerprint density at radius 2 is 1.77 bits per heavy atom. The van der Waals surface area contributed by atoms with E-state index in [-0.39, 0.29) is 57.8 Å². The highest BCUT2D eigenvalue weighted by molar-refractivity contribution is 5.92. The Balaban J connectivity index is 1.12. The molecule has 0 radical (unpaired) electrons. The highest BCUT2D eigenvalue weighted by Crippen LogP contribution is 2.37. The zero-order chi connectivity index (χ0) is 32.7. The van der Waals surface area contributed by atoms with Crippen molar-refractivity contribution in [2.24, 2.45) is 5.41 Å². The lowest BCUT2D eigenvalue weighted by atomic mass is 9.78. The molecule has 0 saturated carbocycles. The highest BCUT2D eigenvalue weighted by atomic mass is 19.1. The van der Waals surface area contributed by atoms with Gasteiger partial charge in [0.15, 0.2) is 0 Å². The highest BCUT2D eigenvalue weighted by Gasteiger charge is 2.48. The van der Waals surface area contributed by atoms with Gasteiger partial charge in [0.2, 0.25) is 5.88 Å². The standard InChI is InChI=1S/C35H28F3N5O4/c36-26-10-21(15-39)4-5-23(26)16-47-33-3-1-2-29(41-33)25-14-27(37)24(11-28(25)38)13-32-40-30-7-6-22(34(44)45)12-31(30)43(32)9-8-42-17-35(18-42)19-46-20-35/h1-7,10-12,14H,8-9,13,16-20H2,(H,44,45). The zero-order valence-electron chi connectivity index (χ0n) is 25.0. The lowest BCUT2D eigenvalue weighted by Gasteiger charge is -2.55. The first-order valence-electron chi connectivity index (χ1n) is 15.0. The first-order valence-corrected chi connectivity index (χ1v) is 15.0. The van der Waals surface area contributed by atoms with E-state index in [1.807, 2.05) is 10.6 Å². The van der Waals surface area contributed by atoms with Gasteiger partial charge in [-0.3, -0.25) is 0 Å². The van der Waals surface area contributed by atoms with Crippen molar-refractivity contribution in [1.29, 1.82) is 5.26 Å². The lowest BCUT2D eigenvalue weighted by molar-refractivity contribution is -0.189. The van der Waals surface area contributed by atoms with E-state index >= 15 is 8.78 Å². The van der Waals surface area contributed by atoms with Crippen LogP contribution in [0.25, 0.3) is 22.3 Å². The molecule has 238 valence electrons. The smallest absolute Gasteiger partial charge is 0.335 e. The second kappa shape index (κ2) is 12.2. The molecule has 0 aliphatic carbocycles. The van der Waals surface area contributed by atoms with Gasteiger partial charge in [0.1, 0.15) is 29.9 Å². The molecule has 0 bridgehead atoms. The minimum Gasteiger partial charge on any atom is -0.478 e. The molecule has 47 heavy (non-hydrogen) atoms. The summed E-state index contributed by atoms with van der Waals surface area (Å²) in [6, 6.07) is 17.3. The fourth-order valence-corrected chi connectivity index (χ4v) is 6.19. The van der Waals surface area contributed by atoms with Crippen LogP contribution in [0.3, 0.4) is 0 Å². The number of carboxylic acids is 1. The number of hydrogen-bond acceptors (Lipinski definition) is 7. The van der Waals surface area contributed by atoms with Crippen LogP contribution in [0.15, 0.2) is 66.7 Å². The van der Waals surface area contributed by atoms with Crippen LogP contribution in [0.2, 0.25) is 0 Å². The van der Waals surface area contributed by atoms with Gasteiger partial charge in [-0.15, -0.1) is 0 Å². The molecule has 2 fully saturated rings. The summed E-state index contributed by atoms with van der Waals surface area (Å²) >= 11 is 0. The van der Waals surface area contributed by atoms with E-state index in [9.17, 15) is 14.3 Å². The maximum absolute atomic E-state index is 15.6. The van der Waals surface area contributed by atoms with Gasteiger partial charge >= 0.3 is 5.97 Å². The van der Waals surface area contributed by atoms with Gasteiger partial charge in [-0.05, 0) is 54.1 Å². The summed E-state index contributed by atoms with van der Waals surface area (Å²) in [5, 5.41) is 18.5. The Morgan fingerprint density at radius 3 is 2.49 bits per heavy atom. The number of imidazole rings is 1. The number of ether oxygens (including phenoxy) is 2. The SMILES string of the molecule is N#Cc1ccc(COc2cccc(-c3cc(F)c(Cc4nc5ccc(C(=O)O)cc5n4CCN4CC5(COC5)C4)cc3F)n2)c(F)c1. The van der Waals surface area contributed by atoms with Crippen molar-refractivity contribution in [3.8, 4) is 23.2 Å². The third kappa shape index (κ3) is 6.03. The van der Waals surface area contributed by atoms with Gasteiger partial charge in [-0.25, -0.2) is 27.9 Å². The van der Waals surface area contributed by atoms with Gasteiger partial charge in [-0.2, -0.15) is 5.26 Å². The quantitative estimate of drug-likeness (QED) is 0.211. The number of pyridine rings is 1. The Morgan fingerprint density at radius 1 is 0.957 bits per heavy atom. The largest absolute Gasteiger partial charge is 0.478 e. The first-order chi connectivity index (χ1) is 22.7. The van der Waals surface area contributed by atoms with E-state index in [0.29, 0.717) is 29.9 Å². The van der Waals surface area contributed by atoms with Crippen LogP contribution in [0.4, 0.5) is 13.2 Å². The molecule has 7 rings (SSSR count). The van der Waals surface area contributed by atoms with Crippen molar-refractivity contribution < 1.29 is 32.5 Å². The van der Waals surface area contributed by atoms with E-state index in [4.69, 9.17) is 14.7 Å². The molecule has 0 atom stereocenters. The molecule has 4 heterocycles. The summed E-state index contributed by atoms with van der Waals surface area (Å²) in [5.74, 6) is -2.45. The molecule has 1 spiro atoms. The summed E-state index contributed by atoms with van der Waals surface area (Å²) in [4.78, 5) is 23.0. The van der Waals surface area contributed by atoms with Crippen LogP contribution < -0.4 is 4.74 Å². The van der Waals surface area contributed by atoms with Crippen LogP contribution in [0.1, 0.15) is 32.9 Å². The van der Waals surface area contributed by atoms with Gasteiger partial charge in [0.05, 0.1) is 47.1 Å². The predicted octanol–water partition coefficient (Wildman–Crippen LogP) is 5.59. The van der Waals surface area contributed by atoms with Crippen LogP contribution >= 0.6 is 0 Å². The molecule has 9 nitrogen and oxygen atoms in total. The monoisotopic (exact) mass is 639 g/mol. The number of aromatic carboxylic acids is 1. The molecule has 2 aromatic heterocycles. The number of carboxylic acid groups (broad SMARTS) is 1. The van der Waals surface area contributed by atoms with Crippen molar-refractivity contribution in [3.63, 3.8) is 0 Å². The van der Waals surface area contributed by atoms with E-state index in [1.54, 1.807) is 18.2 Å². The van der Waals surface area contributed by atoms with Gasteiger partial charge in [-0.1, -0.05) is 12.1 Å². The molecule has 0 unspecified atom stereocenters. The van der Waals surface area contributed by atoms with Crippen molar-refractivity contribution in [2.45, 2.75) is 19.6 Å². The molecule has 0 amide bonds. The summed E-state index contributed by atoms with van der Waals surface area (Å²) in [6.07, 6.45) is -0.0232. The number of aromatic nitrogens is 3. The minimum absolute atomic E-state index is 0.0232. The fourth-order valence-electron chi connectivity index (χ4n) is 6.19. The molecule has 1 N–H and O–H groups in total. The van der Waals surface area contributed by atoms with Crippen LogP contribution in [-0.2, 0) is 24.3 Å². The van der Waals surface area contributed by atoms with E-state index < -0.39 is 23.4 Å². The number of benzene rings is 3. The topological polar surface area (TPSA) is 113 Å². The molecule has 5 aromatic rings. The van der Waals surface area contributed by atoms with Crippen LogP contribution in [-0.4, -0.2) is 63.4 Å². The Hall–Kier alpha value is -5.25. The molecule has 12 heteroatoms. The van der Waals surface area contributed by atoms with Crippen molar-refractivity contribution in [1.82, 2.24) is 19.4 Å². The Bertz CT molecular complexity index is 2060.